The van der Waals surface area contributed by atoms with Crippen LogP contribution in [-0.2, 0) is 9.53 Å². The van der Waals surface area contributed by atoms with E-state index in [0.717, 1.165) is 26.0 Å². The van der Waals surface area contributed by atoms with Crippen LogP contribution in [0.1, 0.15) is 33.1 Å². The number of ether oxygens (including phenoxy) is 1. The lowest BCUT2D eigenvalue weighted by atomic mass is 10.0. The number of carbonyl (C=O) groups is 1. The molecule has 0 radical (unpaired) electrons. The lowest BCUT2D eigenvalue weighted by Gasteiger charge is -2.35. The van der Waals surface area contributed by atoms with Crippen LogP contribution in [0.15, 0.2) is 0 Å². The van der Waals surface area contributed by atoms with Crippen LogP contribution in [-0.4, -0.2) is 47.8 Å². The summed E-state index contributed by atoms with van der Waals surface area (Å²) in [5.74, 6) is -0.714. The summed E-state index contributed by atoms with van der Waals surface area (Å²) in [4.78, 5) is 12.8. The van der Waals surface area contributed by atoms with Crippen molar-refractivity contribution in [2.24, 2.45) is 0 Å². The predicted octanol–water partition coefficient (Wildman–Crippen LogP) is 1.35. The molecule has 15 heavy (non-hydrogen) atoms. The molecule has 0 bridgehead atoms. The molecule has 0 saturated carbocycles. The quantitative estimate of drug-likeness (QED) is 0.752. The van der Waals surface area contributed by atoms with Gasteiger partial charge in [0.25, 0.3) is 0 Å². The zero-order chi connectivity index (χ0) is 11.3. The average Bonchev–Trinajstić information content (AvgIpc) is 2.18. The van der Waals surface area contributed by atoms with E-state index in [0.29, 0.717) is 18.7 Å². The van der Waals surface area contributed by atoms with Crippen molar-refractivity contribution in [1.82, 2.24) is 4.90 Å². The van der Waals surface area contributed by atoms with Gasteiger partial charge < -0.3 is 9.84 Å². The van der Waals surface area contributed by atoms with Gasteiger partial charge in [-0.05, 0) is 26.3 Å². The molecule has 1 aliphatic rings. The highest BCUT2D eigenvalue weighted by molar-refractivity contribution is 5.66. The molecular formula is C11H21NO3. The first-order valence-corrected chi connectivity index (χ1v) is 5.71. The minimum absolute atomic E-state index is 0.236. The number of hydrogen-bond acceptors (Lipinski definition) is 3. The van der Waals surface area contributed by atoms with E-state index in [9.17, 15) is 4.79 Å². The molecule has 0 amide bonds. The second-order valence-electron chi connectivity index (χ2n) is 4.13. The van der Waals surface area contributed by atoms with E-state index >= 15 is 0 Å². The van der Waals surface area contributed by atoms with Gasteiger partial charge in [0.1, 0.15) is 0 Å². The first-order chi connectivity index (χ1) is 7.13. The molecule has 1 saturated heterocycles. The maximum Gasteiger partial charge on any atom is 0.304 e. The zero-order valence-corrected chi connectivity index (χ0v) is 9.61. The van der Waals surface area contributed by atoms with E-state index in [1.165, 1.54) is 0 Å². The van der Waals surface area contributed by atoms with Crippen molar-refractivity contribution in [2.45, 2.75) is 45.3 Å². The SMILES string of the molecule is CCN(CCC(=O)O)C1CCOC(C)C1. The summed E-state index contributed by atoms with van der Waals surface area (Å²) in [5, 5.41) is 8.66. The zero-order valence-electron chi connectivity index (χ0n) is 9.61. The third kappa shape index (κ3) is 4.18. The highest BCUT2D eigenvalue weighted by Gasteiger charge is 2.24. The lowest BCUT2D eigenvalue weighted by molar-refractivity contribution is -0.137. The standard InChI is InChI=1S/C11H21NO3/c1-3-12(6-4-11(13)14)10-5-7-15-9(2)8-10/h9-10H,3-8H2,1-2H3,(H,13,14). The van der Waals surface area contributed by atoms with Gasteiger partial charge in [-0.25, -0.2) is 0 Å². The Labute approximate surface area is 91.2 Å². The van der Waals surface area contributed by atoms with E-state index in [-0.39, 0.29) is 6.42 Å². The van der Waals surface area contributed by atoms with Crippen LogP contribution >= 0.6 is 0 Å². The van der Waals surface area contributed by atoms with Gasteiger partial charge >= 0.3 is 5.97 Å². The Bertz CT molecular complexity index is 208. The summed E-state index contributed by atoms with van der Waals surface area (Å²) < 4.78 is 5.49. The Morgan fingerprint density at radius 1 is 1.60 bits per heavy atom. The number of rotatable bonds is 5. The number of carboxylic acid groups (broad SMARTS) is 1. The third-order valence-corrected chi connectivity index (χ3v) is 2.99. The van der Waals surface area contributed by atoms with Crippen molar-refractivity contribution in [3.63, 3.8) is 0 Å². The Morgan fingerprint density at radius 3 is 2.87 bits per heavy atom. The summed E-state index contributed by atoms with van der Waals surface area (Å²) in [7, 11) is 0. The van der Waals surface area contributed by atoms with Crippen LogP contribution in [0.2, 0.25) is 0 Å². The Balaban J connectivity index is 2.38. The van der Waals surface area contributed by atoms with E-state index in [4.69, 9.17) is 9.84 Å². The second kappa shape index (κ2) is 6.08. The normalized spacial score (nSPS) is 26.9. The van der Waals surface area contributed by atoms with Crippen LogP contribution in [0.3, 0.4) is 0 Å². The third-order valence-electron chi connectivity index (χ3n) is 2.99. The van der Waals surface area contributed by atoms with E-state index in [1.807, 2.05) is 0 Å². The molecule has 2 atom stereocenters. The van der Waals surface area contributed by atoms with Crippen molar-refractivity contribution >= 4 is 5.97 Å². The summed E-state index contributed by atoms with van der Waals surface area (Å²) in [6.07, 6.45) is 2.59. The molecule has 1 heterocycles. The van der Waals surface area contributed by atoms with E-state index < -0.39 is 5.97 Å². The predicted molar refractivity (Wildman–Crippen MR) is 57.9 cm³/mol. The summed E-state index contributed by atoms with van der Waals surface area (Å²) in [6, 6.07) is 0.498. The first-order valence-electron chi connectivity index (χ1n) is 5.71. The molecule has 1 fully saturated rings. The van der Waals surface area contributed by atoms with Gasteiger partial charge in [-0.2, -0.15) is 0 Å². The van der Waals surface area contributed by atoms with Gasteiger partial charge in [-0.15, -0.1) is 0 Å². The van der Waals surface area contributed by atoms with E-state index in [1.54, 1.807) is 0 Å². The van der Waals surface area contributed by atoms with Gasteiger partial charge in [0, 0.05) is 19.2 Å². The van der Waals surface area contributed by atoms with Gasteiger partial charge in [-0.3, -0.25) is 9.69 Å². The smallest absolute Gasteiger partial charge is 0.304 e. The topological polar surface area (TPSA) is 49.8 Å². The summed E-state index contributed by atoms with van der Waals surface area (Å²) >= 11 is 0. The Kier molecular flexibility index (Phi) is 5.05. The number of carboxylic acids is 1. The fourth-order valence-corrected chi connectivity index (χ4v) is 2.14. The Hall–Kier alpha value is -0.610. The second-order valence-corrected chi connectivity index (χ2v) is 4.13. The fraction of sp³-hybridized carbons (Fsp3) is 0.909. The molecule has 4 nitrogen and oxygen atoms in total. The van der Waals surface area contributed by atoms with Crippen LogP contribution in [0.4, 0.5) is 0 Å². The van der Waals surface area contributed by atoms with Crippen LogP contribution in [0.25, 0.3) is 0 Å². The molecule has 1 rings (SSSR count). The number of nitrogens with zero attached hydrogens (tertiary/aromatic N) is 1. The van der Waals surface area contributed by atoms with Gasteiger partial charge in [0.15, 0.2) is 0 Å². The van der Waals surface area contributed by atoms with Gasteiger partial charge in [-0.1, -0.05) is 6.92 Å². The minimum Gasteiger partial charge on any atom is -0.481 e. The largest absolute Gasteiger partial charge is 0.481 e. The first kappa shape index (κ1) is 12.5. The molecule has 0 aromatic rings. The monoisotopic (exact) mass is 215 g/mol. The van der Waals surface area contributed by atoms with Crippen molar-refractivity contribution in [1.29, 1.82) is 0 Å². The van der Waals surface area contributed by atoms with Crippen molar-refractivity contribution in [3.8, 4) is 0 Å². The average molecular weight is 215 g/mol. The van der Waals surface area contributed by atoms with Crippen molar-refractivity contribution in [3.05, 3.63) is 0 Å². The van der Waals surface area contributed by atoms with E-state index in [2.05, 4.69) is 18.7 Å². The molecular weight excluding hydrogens is 194 g/mol. The Morgan fingerprint density at radius 2 is 2.33 bits per heavy atom. The van der Waals surface area contributed by atoms with Crippen molar-refractivity contribution < 1.29 is 14.6 Å². The van der Waals surface area contributed by atoms with Crippen LogP contribution < -0.4 is 0 Å². The molecule has 4 heteroatoms. The highest BCUT2D eigenvalue weighted by atomic mass is 16.5. The molecule has 0 aromatic heterocycles. The molecule has 1 N–H and O–H groups in total. The van der Waals surface area contributed by atoms with Crippen molar-refractivity contribution in [2.75, 3.05) is 19.7 Å². The lowest BCUT2D eigenvalue weighted by Crippen LogP contribution is -2.42. The van der Waals surface area contributed by atoms with Gasteiger partial charge in [0.05, 0.1) is 12.5 Å². The minimum atomic E-state index is -0.714. The number of hydrogen-bond donors (Lipinski definition) is 1. The number of aliphatic carboxylic acids is 1. The highest BCUT2D eigenvalue weighted by Crippen LogP contribution is 2.19. The molecule has 1 aliphatic heterocycles. The molecule has 0 spiro atoms. The maximum atomic E-state index is 10.5. The van der Waals surface area contributed by atoms with Gasteiger partial charge in [0.2, 0.25) is 0 Å². The maximum absolute atomic E-state index is 10.5. The van der Waals surface area contributed by atoms with Crippen LogP contribution in [0.5, 0.6) is 0 Å². The molecule has 0 aliphatic carbocycles. The fourth-order valence-electron chi connectivity index (χ4n) is 2.14. The molecule has 0 aromatic carbocycles. The molecule has 88 valence electrons. The molecule has 2 unspecified atom stereocenters. The van der Waals surface area contributed by atoms with Crippen LogP contribution in [0, 0.1) is 0 Å². The summed E-state index contributed by atoms with van der Waals surface area (Å²) in [6.45, 7) is 6.54. The summed E-state index contributed by atoms with van der Waals surface area (Å²) in [5.41, 5.74) is 0.